The minimum Gasteiger partial charge on any atom is -0.326 e. The van der Waals surface area contributed by atoms with Crippen molar-refractivity contribution in [1.29, 1.82) is 0 Å². The number of aryl methyl sites for hydroxylation is 2. The van der Waals surface area contributed by atoms with Gasteiger partial charge in [0, 0.05) is 22.7 Å². The van der Waals surface area contributed by atoms with Gasteiger partial charge in [0.05, 0.1) is 5.75 Å². The molecule has 0 bridgehead atoms. The summed E-state index contributed by atoms with van der Waals surface area (Å²) >= 11 is 1.46. The predicted molar refractivity (Wildman–Crippen MR) is 119 cm³/mol. The van der Waals surface area contributed by atoms with Crippen molar-refractivity contribution in [3.8, 4) is 0 Å². The number of rotatable bonds is 7. The molecular weight excluding hydrogens is 368 g/mol. The van der Waals surface area contributed by atoms with Crippen LogP contribution in [0.5, 0.6) is 0 Å². The van der Waals surface area contributed by atoms with Crippen LogP contribution < -0.4 is 10.6 Å². The van der Waals surface area contributed by atoms with Crippen LogP contribution in [0, 0.1) is 12.3 Å². The van der Waals surface area contributed by atoms with Crippen LogP contribution in [-0.4, -0.2) is 17.6 Å². The molecule has 0 fully saturated rings. The Morgan fingerprint density at radius 1 is 1.00 bits per heavy atom. The maximum absolute atomic E-state index is 12.4. The molecule has 2 aromatic rings. The fraction of sp³-hybridized carbons (Fsp3) is 0.391. The van der Waals surface area contributed by atoms with Crippen molar-refractivity contribution in [2.45, 2.75) is 52.4 Å². The molecule has 0 unspecified atom stereocenters. The van der Waals surface area contributed by atoms with E-state index < -0.39 is 0 Å². The van der Waals surface area contributed by atoms with Crippen LogP contribution in [0.1, 0.15) is 45.2 Å². The summed E-state index contributed by atoms with van der Waals surface area (Å²) in [6, 6.07) is 13.7. The molecule has 0 spiro atoms. The third kappa shape index (κ3) is 7.04. The lowest BCUT2D eigenvalue weighted by Crippen LogP contribution is -2.19. The molecule has 0 aliphatic heterocycles. The zero-order chi connectivity index (χ0) is 20.7. The van der Waals surface area contributed by atoms with Crippen molar-refractivity contribution in [3.05, 3.63) is 53.6 Å². The van der Waals surface area contributed by atoms with Gasteiger partial charge in [0.15, 0.2) is 0 Å². The van der Waals surface area contributed by atoms with Crippen LogP contribution in [0.3, 0.4) is 0 Å². The van der Waals surface area contributed by atoms with Crippen LogP contribution in [-0.2, 0) is 16.0 Å². The van der Waals surface area contributed by atoms with Crippen molar-refractivity contribution >= 4 is 35.0 Å². The number of carbonyl (C=O) groups is 2. The van der Waals surface area contributed by atoms with Gasteiger partial charge in [-0.05, 0) is 48.1 Å². The Morgan fingerprint density at radius 3 is 2.39 bits per heavy atom. The summed E-state index contributed by atoms with van der Waals surface area (Å²) in [6.45, 7) is 10.2. The Morgan fingerprint density at radius 2 is 1.71 bits per heavy atom. The molecule has 4 nitrogen and oxygen atoms in total. The molecule has 2 aromatic carbocycles. The first-order chi connectivity index (χ1) is 13.2. The highest BCUT2D eigenvalue weighted by atomic mass is 32.2. The average Bonchev–Trinajstić information content (AvgIpc) is 2.60. The number of hydrogen-bond donors (Lipinski definition) is 2. The van der Waals surface area contributed by atoms with E-state index in [1.165, 1.54) is 11.8 Å². The monoisotopic (exact) mass is 398 g/mol. The molecule has 2 N–H and O–H groups in total. The number of nitrogens with one attached hydrogen (secondary N) is 2. The van der Waals surface area contributed by atoms with Crippen LogP contribution in [0.2, 0.25) is 0 Å². The summed E-state index contributed by atoms with van der Waals surface area (Å²) in [5.74, 6) is 0.284. The van der Waals surface area contributed by atoms with E-state index in [1.54, 1.807) is 0 Å². The topological polar surface area (TPSA) is 58.2 Å². The van der Waals surface area contributed by atoms with E-state index in [-0.39, 0.29) is 17.2 Å². The molecule has 5 heteroatoms. The summed E-state index contributed by atoms with van der Waals surface area (Å²) in [6.07, 6.45) is 1.34. The van der Waals surface area contributed by atoms with E-state index in [0.29, 0.717) is 12.2 Å². The van der Waals surface area contributed by atoms with E-state index >= 15 is 0 Å². The number of thioether (sulfide) groups is 1. The minimum absolute atomic E-state index is 0.000888. The molecule has 0 atom stereocenters. The molecule has 0 saturated carbocycles. The number of hydrogen-bond acceptors (Lipinski definition) is 3. The van der Waals surface area contributed by atoms with E-state index in [2.05, 4.69) is 17.6 Å². The highest BCUT2D eigenvalue weighted by Crippen LogP contribution is 2.25. The van der Waals surface area contributed by atoms with Gasteiger partial charge in [-0.2, -0.15) is 0 Å². The predicted octanol–water partition coefficient (Wildman–Crippen LogP) is 5.66. The van der Waals surface area contributed by atoms with Crippen molar-refractivity contribution in [2.75, 3.05) is 16.4 Å². The largest absolute Gasteiger partial charge is 0.326 e. The first kappa shape index (κ1) is 22.0. The first-order valence-electron chi connectivity index (χ1n) is 9.59. The molecule has 0 aliphatic carbocycles. The van der Waals surface area contributed by atoms with Gasteiger partial charge >= 0.3 is 0 Å². The Bertz CT molecular complexity index is 841. The van der Waals surface area contributed by atoms with Crippen molar-refractivity contribution in [3.63, 3.8) is 0 Å². The quantitative estimate of drug-likeness (QED) is 0.591. The number of carbonyl (C=O) groups excluding carboxylic acids is 2. The second-order valence-corrected chi connectivity index (χ2v) is 9.16. The summed E-state index contributed by atoms with van der Waals surface area (Å²) in [4.78, 5) is 25.5. The third-order valence-corrected chi connectivity index (χ3v) is 5.18. The molecule has 150 valence electrons. The zero-order valence-electron chi connectivity index (χ0n) is 17.4. The van der Waals surface area contributed by atoms with Gasteiger partial charge in [-0.25, -0.2) is 0 Å². The van der Waals surface area contributed by atoms with Crippen LogP contribution in [0.4, 0.5) is 11.4 Å². The van der Waals surface area contributed by atoms with Gasteiger partial charge in [-0.1, -0.05) is 52.0 Å². The summed E-state index contributed by atoms with van der Waals surface area (Å²) in [5.41, 5.74) is 3.83. The minimum atomic E-state index is -0.0541. The van der Waals surface area contributed by atoms with Gasteiger partial charge in [0.1, 0.15) is 0 Å². The van der Waals surface area contributed by atoms with E-state index in [0.717, 1.165) is 33.8 Å². The number of amides is 2. The van der Waals surface area contributed by atoms with Crippen LogP contribution >= 0.6 is 11.8 Å². The average molecular weight is 399 g/mol. The van der Waals surface area contributed by atoms with Crippen molar-refractivity contribution in [2.24, 2.45) is 5.41 Å². The van der Waals surface area contributed by atoms with Gasteiger partial charge in [-0.3, -0.25) is 9.59 Å². The van der Waals surface area contributed by atoms with Gasteiger partial charge in [0.25, 0.3) is 0 Å². The summed E-state index contributed by atoms with van der Waals surface area (Å²) in [7, 11) is 0. The molecule has 0 aliphatic rings. The fourth-order valence-electron chi connectivity index (χ4n) is 2.88. The third-order valence-electron chi connectivity index (χ3n) is 4.18. The molecule has 2 amide bonds. The molecular formula is C23H30N2O2S. The number of anilines is 2. The van der Waals surface area contributed by atoms with E-state index in [1.807, 2.05) is 70.2 Å². The van der Waals surface area contributed by atoms with Crippen molar-refractivity contribution < 1.29 is 9.59 Å². The molecule has 0 aromatic heterocycles. The molecule has 0 saturated heterocycles. The maximum Gasteiger partial charge on any atom is 0.234 e. The SMILES string of the molecule is CCc1cccc(C)c1NC(=O)CSc1cccc(NC(=O)CC(C)(C)C)c1. The fourth-order valence-corrected chi connectivity index (χ4v) is 3.63. The lowest BCUT2D eigenvalue weighted by atomic mass is 9.92. The molecule has 0 radical (unpaired) electrons. The second-order valence-electron chi connectivity index (χ2n) is 8.11. The number of benzene rings is 2. The van der Waals surface area contributed by atoms with Crippen molar-refractivity contribution in [1.82, 2.24) is 0 Å². The maximum atomic E-state index is 12.4. The Labute approximate surface area is 172 Å². The lowest BCUT2D eigenvalue weighted by molar-refractivity contribution is -0.118. The Hall–Kier alpha value is -2.27. The smallest absolute Gasteiger partial charge is 0.234 e. The van der Waals surface area contributed by atoms with Gasteiger partial charge in [0.2, 0.25) is 11.8 Å². The lowest BCUT2D eigenvalue weighted by Gasteiger charge is -2.17. The standard InChI is InChI=1S/C23H30N2O2S/c1-6-17-10-7-9-16(2)22(17)25-21(27)15-28-19-12-8-11-18(13-19)24-20(26)14-23(3,4)5/h7-13H,6,14-15H2,1-5H3,(H,24,26)(H,25,27). The van der Waals surface area contributed by atoms with Crippen LogP contribution in [0.15, 0.2) is 47.4 Å². The van der Waals surface area contributed by atoms with E-state index in [9.17, 15) is 9.59 Å². The van der Waals surface area contributed by atoms with Crippen LogP contribution in [0.25, 0.3) is 0 Å². The summed E-state index contributed by atoms with van der Waals surface area (Å²) in [5, 5.41) is 5.98. The second kappa shape index (κ2) is 9.78. The normalized spacial score (nSPS) is 11.2. The van der Waals surface area contributed by atoms with Gasteiger partial charge < -0.3 is 10.6 Å². The zero-order valence-corrected chi connectivity index (χ0v) is 18.2. The van der Waals surface area contributed by atoms with Gasteiger partial charge in [-0.15, -0.1) is 11.8 Å². The highest BCUT2D eigenvalue weighted by Gasteiger charge is 2.16. The first-order valence-corrected chi connectivity index (χ1v) is 10.6. The van der Waals surface area contributed by atoms with E-state index in [4.69, 9.17) is 0 Å². The Kier molecular flexibility index (Phi) is 7.69. The number of para-hydroxylation sites is 1. The highest BCUT2D eigenvalue weighted by molar-refractivity contribution is 8.00. The summed E-state index contributed by atoms with van der Waals surface area (Å²) < 4.78 is 0. The molecule has 2 rings (SSSR count). The molecule has 28 heavy (non-hydrogen) atoms. The molecule has 0 heterocycles. The Balaban J connectivity index is 1.94.